The largest absolute Gasteiger partial charge is 0.371 e. The fourth-order valence-electron chi connectivity index (χ4n) is 3.70. The van der Waals surface area contributed by atoms with Crippen molar-refractivity contribution in [2.45, 2.75) is 26.3 Å². The minimum atomic E-state index is -0.170. The second kappa shape index (κ2) is 9.75. The first-order valence-electron chi connectivity index (χ1n) is 10.5. The molecule has 2 amide bonds. The standard InChI is InChI=1S/C24H26N4O2S/c1-17-8-11-28(12-9-17)21-7-6-19(27-24(30)22-5-3-13-31-22)14-20(21)23(29)26-16-18-4-2-10-25-15-18/h2-7,10,13-15,17H,8-9,11-12,16H2,1H3,(H,26,29)(H,27,30). The van der Waals surface area contributed by atoms with Crippen LogP contribution in [0.1, 0.15) is 45.4 Å². The average Bonchev–Trinajstić information content (AvgIpc) is 3.34. The third-order valence-corrected chi connectivity index (χ3v) is 6.41. The maximum absolute atomic E-state index is 13.1. The van der Waals surface area contributed by atoms with Crippen molar-refractivity contribution in [2.75, 3.05) is 23.3 Å². The maximum atomic E-state index is 13.1. The fraction of sp³-hybridized carbons (Fsp3) is 0.292. The van der Waals surface area contributed by atoms with Gasteiger partial charge in [-0.2, -0.15) is 0 Å². The lowest BCUT2D eigenvalue weighted by Crippen LogP contribution is -2.35. The highest BCUT2D eigenvalue weighted by Gasteiger charge is 2.22. The number of carbonyl (C=O) groups excluding carboxylic acids is 2. The number of hydrogen-bond acceptors (Lipinski definition) is 5. The number of anilines is 2. The number of nitrogens with one attached hydrogen (secondary N) is 2. The zero-order valence-electron chi connectivity index (χ0n) is 17.5. The van der Waals surface area contributed by atoms with Gasteiger partial charge in [-0.25, -0.2) is 0 Å². The molecule has 0 atom stereocenters. The Balaban J connectivity index is 1.56. The number of piperidine rings is 1. The van der Waals surface area contributed by atoms with Crippen LogP contribution >= 0.6 is 11.3 Å². The van der Waals surface area contributed by atoms with E-state index in [9.17, 15) is 9.59 Å². The SMILES string of the molecule is CC1CCN(c2ccc(NC(=O)c3cccs3)cc2C(=O)NCc2cccnc2)CC1. The smallest absolute Gasteiger partial charge is 0.265 e. The zero-order valence-corrected chi connectivity index (χ0v) is 18.3. The lowest BCUT2D eigenvalue weighted by atomic mass is 9.97. The molecule has 1 aliphatic rings. The molecule has 3 heterocycles. The van der Waals surface area contributed by atoms with Crippen LogP contribution in [0.2, 0.25) is 0 Å². The van der Waals surface area contributed by atoms with E-state index in [2.05, 4.69) is 27.4 Å². The molecule has 31 heavy (non-hydrogen) atoms. The van der Waals surface area contributed by atoms with Crippen LogP contribution < -0.4 is 15.5 Å². The second-order valence-corrected chi connectivity index (χ2v) is 8.82. The quantitative estimate of drug-likeness (QED) is 0.596. The van der Waals surface area contributed by atoms with Crippen LogP contribution in [0.3, 0.4) is 0 Å². The molecule has 0 bridgehead atoms. The minimum Gasteiger partial charge on any atom is -0.371 e. The van der Waals surface area contributed by atoms with Crippen LogP contribution in [0.25, 0.3) is 0 Å². The van der Waals surface area contributed by atoms with Crippen LogP contribution in [0.4, 0.5) is 11.4 Å². The molecule has 2 aromatic heterocycles. The summed E-state index contributed by atoms with van der Waals surface area (Å²) in [6.07, 6.45) is 5.66. The summed E-state index contributed by atoms with van der Waals surface area (Å²) < 4.78 is 0. The Labute approximate surface area is 186 Å². The van der Waals surface area contributed by atoms with Crippen molar-refractivity contribution in [3.05, 3.63) is 76.2 Å². The van der Waals surface area contributed by atoms with Gasteiger partial charge in [-0.15, -0.1) is 11.3 Å². The van der Waals surface area contributed by atoms with Gasteiger partial charge in [0, 0.05) is 43.4 Å². The van der Waals surface area contributed by atoms with Crippen molar-refractivity contribution in [3.8, 4) is 0 Å². The predicted molar refractivity (Wildman–Crippen MR) is 125 cm³/mol. The first kappa shape index (κ1) is 21.1. The van der Waals surface area contributed by atoms with Gasteiger partial charge < -0.3 is 15.5 Å². The number of amides is 2. The topological polar surface area (TPSA) is 74.3 Å². The van der Waals surface area contributed by atoms with Gasteiger partial charge in [-0.3, -0.25) is 14.6 Å². The number of pyridine rings is 1. The molecule has 7 heteroatoms. The summed E-state index contributed by atoms with van der Waals surface area (Å²) in [5.41, 5.74) is 3.03. The summed E-state index contributed by atoms with van der Waals surface area (Å²) in [7, 11) is 0. The fourth-order valence-corrected chi connectivity index (χ4v) is 4.32. The van der Waals surface area contributed by atoms with E-state index in [0.29, 0.717) is 28.6 Å². The average molecular weight is 435 g/mol. The summed E-state index contributed by atoms with van der Waals surface area (Å²) >= 11 is 1.39. The van der Waals surface area contributed by atoms with Crippen LogP contribution in [-0.2, 0) is 6.54 Å². The molecular weight excluding hydrogens is 408 g/mol. The van der Waals surface area contributed by atoms with E-state index < -0.39 is 0 Å². The molecule has 160 valence electrons. The number of carbonyl (C=O) groups is 2. The van der Waals surface area contributed by atoms with E-state index in [0.717, 1.165) is 37.2 Å². The molecule has 0 saturated carbocycles. The third kappa shape index (κ3) is 5.30. The molecule has 1 aromatic carbocycles. The minimum absolute atomic E-state index is 0.162. The number of benzene rings is 1. The predicted octanol–water partition coefficient (Wildman–Crippen LogP) is 4.56. The van der Waals surface area contributed by atoms with Gasteiger partial charge in [0.25, 0.3) is 11.8 Å². The Morgan fingerprint density at radius 1 is 1.13 bits per heavy atom. The van der Waals surface area contributed by atoms with E-state index in [4.69, 9.17) is 0 Å². The third-order valence-electron chi connectivity index (χ3n) is 5.54. The van der Waals surface area contributed by atoms with Crippen molar-refractivity contribution < 1.29 is 9.59 Å². The molecular formula is C24H26N4O2S. The summed E-state index contributed by atoms with van der Waals surface area (Å²) in [5.74, 6) is 0.365. The molecule has 1 saturated heterocycles. The van der Waals surface area contributed by atoms with Crippen LogP contribution in [0, 0.1) is 5.92 Å². The van der Waals surface area contributed by atoms with E-state index in [-0.39, 0.29) is 11.8 Å². The molecule has 1 aliphatic heterocycles. The van der Waals surface area contributed by atoms with Gasteiger partial charge in [0.2, 0.25) is 0 Å². The van der Waals surface area contributed by atoms with Crippen LogP contribution in [0.15, 0.2) is 60.2 Å². The summed E-state index contributed by atoms with van der Waals surface area (Å²) in [4.78, 5) is 32.6. The number of aromatic nitrogens is 1. The molecule has 1 fully saturated rings. The number of hydrogen-bond donors (Lipinski definition) is 2. The Hall–Kier alpha value is -3.19. The first-order valence-corrected chi connectivity index (χ1v) is 11.4. The number of nitrogens with zero attached hydrogens (tertiary/aromatic N) is 2. The molecule has 0 unspecified atom stereocenters. The summed E-state index contributed by atoms with van der Waals surface area (Å²) in [6.45, 7) is 4.51. The molecule has 6 nitrogen and oxygen atoms in total. The first-order chi connectivity index (χ1) is 15.1. The number of rotatable bonds is 6. The maximum Gasteiger partial charge on any atom is 0.265 e. The highest BCUT2D eigenvalue weighted by Crippen LogP contribution is 2.29. The van der Waals surface area contributed by atoms with Crippen molar-refractivity contribution in [3.63, 3.8) is 0 Å². The Morgan fingerprint density at radius 3 is 2.68 bits per heavy atom. The highest BCUT2D eigenvalue weighted by atomic mass is 32.1. The Bertz CT molecular complexity index is 1030. The normalized spacial score (nSPS) is 14.3. The van der Waals surface area contributed by atoms with Gasteiger partial charge in [0.15, 0.2) is 0 Å². The monoisotopic (exact) mass is 434 g/mol. The van der Waals surface area contributed by atoms with E-state index in [1.807, 2.05) is 35.7 Å². The lowest BCUT2D eigenvalue weighted by Gasteiger charge is -2.33. The number of thiophene rings is 1. The van der Waals surface area contributed by atoms with Gasteiger partial charge in [-0.1, -0.05) is 19.1 Å². The van der Waals surface area contributed by atoms with Crippen molar-refractivity contribution in [1.29, 1.82) is 0 Å². The van der Waals surface area contributed by atoms with E-state index in [1.165, 1.54) is 11.3 Å². The van der Waals surface area contributed by atoms with Crippen molar-refractivity contribution in [2.24, 2.45) is 5.92 Å². The zero-order chi connectivity index (χ0) is 21.6. The van der Waals surface area contributed by atoms with Gasteiger partial charge in [0.1, 0.15) is 0 Å². The Kier molecular flexibility index (Phi) is 6.62. The molecule has 2 N–H and O–H groups in total. The summed E-state index contributed by atoms with van der Waals surface area (Å²) in [5, 5.41) is 7.78. The molecule has 0 aliphatic carbocycles. The molecule has 0 radical (unpaired) electrons. The van der Waals surface area contributed by atoms with Crippen LogP contribution in [0.5, 0.6) is 0 Å². The molecule has 0 spiro atoms. The molecule has 4 rings (SSSR count). The Morgan fingerprint density at radius 2 is 1.97 bits per heavy atom. The van der Waals surface area contributed by atoms with Gasteiger partial charge in [-0.05, 0) is 60.0 Å². The van der Waals surface area contributed by atoms with Crippen molar-refractivity contribution in [1.82, 2.24) is 10.3 Å². The lowest BCUT2D eigenvalue weighted by molar-refractivity contribution is 0.0950. The molecule has 3 aromatic rings. The van der Waals surface area contributed by atoms with Crippen molar-refractivity contribution >= 4 is 34.5 Å². The van der Waals surface area contributed by atoms with Gasteiger partial charge >= 0.3 is 0 Å². The second-order valence-electron chi connectivity index (χ2n) is 7.88. The highest BCUT2D eigenvalue weighted by molar-refractivity contribution is 7.12. The summed E-state index contributed by atoms with van der Waals surface area (Å²) in [6, 6.07) is 13.0. The van der Waals surface area contributed by atoms with Crippen LogP contribution in [-0.4, -0.2) is 29.9 Å². The van der Waals surface area contributed by atoms with E-state index in [1.54, 1.807) is 24.5 Å². The van der Waals surface area contributed by atoms with Gasteiger partial charge in [0.05, 0.1) is 10.4 Å². The van der Waals surface area contributed by atoms with E-state index >= 15 is 0 Å².